The molecule has 8 heteroatoms. The zero-order valence-electron chi connectivity index (χ0n) is 11.4. The Kier molecular flexibility index (Phi) is 5.11. The molecule has 0 unspecified atom stereocenters. The molecule has 0 amide bonds. The van der Waals surface area contributed by atoms with Crippen molar-refractivity contribution in [2.24, 2.45) is 5.92 Å². The Labute approximate surface area is 120 Å². The van der Waals surface area contributed by atoms with Gasteiger partial charge in [0.05, 0.1) is 18.9 Å². The lowest BCUT2D eigenvalue weighted by atomic mass is 10.4. The van der Waals surface area contributed by atoms with Crippen molar-refractivity contribution in [3.05, 3.63) is 12.1 Å². The molecule has 1 saturated carbocycles. The number of halogens is 3. The number of alkyl halides is 3. The van der Waals surface area contributed by atoms with E-state index < -0.39 is 12.8 Å². The standard InChI is InChI=1S/C13H18F3N3O2/c14-13(15,16)8-20-6-5-18-11-4-3-10(17)12(19-11)21-7-9-1-2-9/h3-4,9H,1-2,5-8,17H2,(H,18,19). The zero-order valence-corrected chi connectivity index (χ0v) is 11.4. The van der Waals surface area contributed by atoms with Gasteiger partial charge in [0.1, 0.15) is 12.4 Å². The van der Waals surface area contributed by atoms with Crippen LogP contribution in [0, 0.1) is 5.92 Å². The second-order valence-corrected chi connectivity index (χ2v) is 4.94. The highest BCUT2D eigenvalue weighted by Gasteiger charge is 2.27. The molecule has 118 valence electrons. The highest BCUT2D eigenvalue weighted by molar-refractivity contribution is 5.53. The number of hydrogen-bond acceptors (Lipinski definition) is 5. The largest absolute Gasteiger partial charge is 0.476 e. The number of hydrogen-bond donors (Lipinski definition) is 2. The Morgan fingerprint density at radius 3 is 2.76 bits per heavy atom. The maximum Gasteiger partial charge on any atom is 0.411 e. The third-order valence-electron chi connectivity index (χ3n) is 2.86. The number of nitrogens with zero attached hydrogens (tertiary/aromatic N) is 1. The van der Waals surface area contributed by atoms with Crippen LogP contribution in [0.25, 0.3) is 0 Å². The second kappa shape index (κ2) is 6.84. The Hall–Kier alpha value is -1.70. The van der Waals surface area contributed by atoms with Crippen molar-refractivity contribution in [2.45, 2.75) is 19.0 Å². The van der Waals surface area contributed by atoms with Gasteiger partial charge in [0, 0.05) is 6.54 Å². The molecule has 1 aromatic heterocycles. The molecular formula is C13H18F3N3O2. The number of nitrogens with one attached hydrogen (secondary N) is 1. The van der Waals surface area contributed by atoms with Gasteiger partial charge in [-0.25, -0.2) is 0 Å². The fourth-order valence-electron chi connectivity index (χ4n) is 1.59. The van der Waals surface area contributed by atoms with Gasteiger partial charge >= 0.3 is 6.18 Å². The molecule has 0 bridgehead atoms. The highest BCUT2D eigenvalue weighted by atomic mass is 19.4. The van der Waals surface area contributed by atoms with E-state index in [1.807, 2.05) is 0 Å². The summed E-state index contributed by atoms with van der Waals surface area (Å²) in [5, 5.41) is 2.86. The Bertz CT molecular complexity index is 464. The topological polar surface area (TPSA) is 69.4 Å². The molecule has 21 heavy (non-hydrogen) atoms. The molecule has 5 nitrogen and oxygen atoms in total. The summed E-state index contributed by atoms with van der Waals surface area (Å²) in [6, 6.07) is 3.29. The van der Waals surface area contributed by atoms with Crippen LogP contribution in [-0.2, 0) is 4.74 Å². The lowest BCUT2D eigenvalue weighted by Crippen LogP contribution is -2.20. The van der Waals surface area contributed by atoms with Crippen molar-refractivity contribution in [2.75, 3.05) is 37.4 Å². The van der Waals surface area contributed by atoms with E-state index in [4.69, 9.17) is 10.5 Å². The van der Waals surface area contributed by atoms with Gasteiger partial charge in [0.15, 0.2) is 0 Å². The first-order valence-corrected chi connectivity index (χ1v) is 6.72. The molecule has 0 aliphatic heterocycles. The molecule has 0 spiro atoms. The molecule has 1 aromatic rings. The van der Waals surface area contributed by atoms with E-state index in [-0.39, 0.29) is 13.2 Å². The Morgan fingerprint density at radius 1 is 1.33 bits per heavy atom. The lowest BCUT2D eigenvalue weighted by Gasteiger charge is -2.11. The number of aromatic nitrogens is 1. The minimum atomic E-state index is -4.30. The van der Waals surface area contributed by atoms with Gasteiger partial charge in [-0.3, -0.25) is 0 Å². The van der Waals surface area contributed by atoms with Crippen LogP contribution in [-0.4, -0.2) is 37.5 Å². The number of anilines is 2. The summed E-state index contributed by atoms with van der Waals surface area (Å²) in [5.41, 5.74) is 6.19. The van der Waals surface area contributed by atoms with Crippen LogP contribution in [0.3, 0.4) is 0 Å². The fourth-order valence-corrected chi connectivity index (χ4v) is 1.59. The van der Waals surface area contributed by atoms with Crippen LogP contribution in [0.15, 0.2) is 12.1 Å². The first kappa shape index (κ1) is 15.7. The van der Waals surface area contributed by atoms with E-state index in [9.17, 15) is 13.2 Å². The quantitative estimate of drug-likeness (QED) is 0.722. The smallest absolute Gasteiger partial charge is 0.411 e. The van der Waals surface area contributed by atoms with Crippen molar-refractivity contribution in [3.63, 3.8) is 0 Å². The van der Waals surface area contributed by atoms with Gasteiger partial charge in [-0.2, -0.15) is 18.2 Å². The summed E-state index contributed by atoms with van der Waals surface area (Å²) in [7, 11) is 0. The minimum absolute atomic E-state index is 0.0656. The van der Waals surface area contributed by atoms with Gasteiger partial charge in [-0.1, -0.05) is 0 Å². The average molecular weight is 305 g/mol. The number of nitrogen functional groups attached to an aromatic ring is 1. The van der Waals surface area contributed by atoms with E-state index in [2.05, 4.69) is 15.0 Å². The van der Waals surface area contributed by atoms with Crippen molar-refractivity contribution >= 4 is 11.5 Å². The normalized spacial score (nSPS) is 15.0. The predicted molar refractivity (Wildman–Crippen MR) is 72.2 cm³/mol. The molecule has 1 aliphatic rings. The van der Waals surface area contributed by atoms with E-state index in [0.29, 0.717) is 29.9 Å². The van der Waals surface area contributed by atoms with Gasteiger partial charge in [0.25, 0.3) is 0 Å². The van der Waals surface area contributed by atoms with Crippen LogP contribution in [0.4, 0.5) is 24.7 Å². The van der Waals surface area contributed by atoms with Crippen LogP contribution in [0.2, 0.25) is 0 Å². The van der Waals surface area contributed by atoms with Crippen LogP contribution in [0.1, 0.15) is 12.8 Å². The molecule has 0 aromatic carbocycles. The number of rotatable bonds is 8. The van der Waals surface area contributed by atoms with Gasteiger partial charge in [0.2, 0.25) is 5.88 Å². The summed E-state index contributed by atoms with van der Waals surface area (Å²) >= 11 is 0. The third-order valence-corrected chi connectivity index (χ3v) is 2.86. The van der Waals surface area contributed by atoms with E-state index in [0.717, 1.165) is 12.8 Å². The van der Waals surface area contributed by atoms with E-state index >= 15 is 0 Å². The van der Waals surface area contributed by atoms with Crippen molar-refractivity contribution < 1.29 is 22.6 Å². The zero-order chi connectivity index (χ0) is 15.3. The molecular weight excluding hydrogens is 287 g/mol. The van der Waals surface area contributed by atoms with E-state index in [1.165, 1.54) is 0 Å². The maximum absolute atomic E-state index is 11.9. The molecule has 1 aliphatic carbocycles. The lowest BCUT2D eigenvalue weighted by molar-refractivity contribution is -0.172. The summed E-state index contributed by atoms with van der Waals surface area (Å²) in [6.45, 7) is -0.506. The molecule has 3 N–H and O–H groups in total. The predicted octanol–water partition coefficient (Wildman–Crippen LogP) is 2.44. The monoisotopic (exact) mass is 305 g/mol. The summed E-state index contributed by atoms with van der Waals surface area (Å²) in [6.07, 6.45) is -1.98. The van der Waals surface area contributed by atoms with Crippen LogP contribution < -0.4 is 15.8 Å². The van der Waals surface area contributed by atoms with Crippen molar-refractivity contribution in [3.8, 4) is 5.88 Å². The number of pyridine rings is 1. The van der Waals surface area contributed by atoms with Crippen LogP contribution >= 0.6 is 0 Å². The SMILES string of the molecule is Nc1ccc(NCCOCC(F)(F)F)nc1OCC1CC1. The first-order chi connectivity index (χ1) is 9.94. The van der Waals surface area contributed by atoms with Gasteiger partial charge in [-0.05, 0) is 30.9 Å². The molecule has 0 saturated heterocycles. The highest BCUT2D eigenvalue weighted by Crippen LogP contribution is 2.30. The Morgan fingerprint density at radius 2 is 2.10 bits per heavy atom. The molecule has 0 atom stereocenters. The molecule has 2 rings (SSSR count). The summed E-state index contributed by atoms with van der Waals surface area (Å²) < 4.78 is 45.6. The van der Waals surface area contributed by atoms with E-state index in [1.54, 1.807) is 12.1 Å². The Balaban J connectivity index is 1.73. The van der Waals surface area contributed by atoms with Crippen molar-refractivity contribution in [1.82, 2.24) is 4.98 Å². The minimum Gasteiger partial charge on any atom is -0.476 e. The van der Waals surface area contributed by atoms with Crippen molar-refractivity contribution in [1.29, 1.82) is 0 Å². The van der Waals surface area contributed by atoms with Gasteiger partial charge < -0.3 is 20.5 Å². The molecule has 1 heterocycles. The summed E-state index contributed by atoms with van der Waals surface area (Å²) in [4.78, 5) is 4.18. The summed E-state index contributed by atoms with van der Waals surface area (Å²) in [5.74, 6) is 1.42. The third kappa shape index (κ3) is 6.07. The van der Waals surface area contributed by atoms with Crippen LogP contribution in [0.5, 0.6) is 5.88 Å². The number of nitrogens with two attached hydrogens (primary N) is 1. The average Bonchev–Trinajstić information content (AvgIpc) is 3.21. The van der Waals surface area contributed by atoms with Gasteiger partial charge in [-0.15, -0.1) is 0 Å². The fraction of sp³-hybridized carbons (Fsp3) is 0.615. The first-order valence-electron chi connectivity index (χ1n) is 6.72. The second-order valence-electron chi connectivity index (χ2n) is 4.94. The molecule has 0 radical (unpaired) electrons. The number of ether oxygens (including phenoxy) is 2. The maximum atomic E-state index is 11.9. The molecule has 1 fully saturated rings.